The molecule has 2 unspecified atom stereocenters. The Morgan fingerprint density at radius 1 is 0.348 bits per heavy atom. The SMILES string of the molecule is Cc1cc(C(C)(C)C)cc(Pc2c(C)cccc2P(c2ccccc2)c2ccccc2)c1O.Cc1cccc(P(c2ccccc2)c2ccccc2)c1Pc1cc(C(C)(C)C)cc(C(C)(C)C)c1O. The lowest BCUT2D eigenvalue weighted by molar-refractivity contribution is 0.449. The Bertz CT molecular complexity index is 2900. The van der Waals surface area contributed by atoms with Crippen LogP contribution in [-0.2, 0) is 16.2 Å². The molecule has 0 aliphatic rings. The van der Waals surface area contributed by atoms with Crippen LogP contribution in [0.1, 0.15) is 95.7 Å². The molecule has 0 aliphatic heterocycles. The highest BCUT2D eigenvalue weighted by Crippen LogP contribution is 2.40. The van der Waals surface area contributed by atoms with Crippen LogP contribution in [0.15, 0.2) is 182 Å². The first-order valence-electron chi connectivity index (χ1n) is 24.0. The van der Waals surface area contributed by atoms with Gasteiger partial charge in [0.1, 0.15) is 11.5 Å². The first-order valence-corrected chi connectivity index (χ1v) is 28.7. The topological polar surface area (TPSA) is 40.5 Å². The van der Waals surface area contributed by atoms with Crippen LogP contribution in [0, 0.1) is 20.8 Å². The van der Waals surface area contributed by atoms with E-state index in [9.17, 15) is 10.2 Å². The zero-order valence-electron chi connectivity index (χ0n) is 42.6. The minimum Gasteiger partial charge on any atom is -0.507 e. The molecule has 0 saturated heterocycles. The van der Waals surface area contributed by atoms with Crippen LogP contribution >= 0.6 is 33.0 Å². The van der Waals surface area contributed by atoms with Crippen molar-refractivity contribution < 1.29 is 10.2 Å². The maximum atomic E-state index is 11.5. The van der Waals surface area contributed by atoms with Crippen molar-refractivity contribution in [2.75, 3.05) is 0 Å². The van der Waals surface area contributed by atoms with E-state index in [4.69, 9.17) is 0 Å². The van der Waals surface area contributed by atoms with E-state index in [-0.39, 0.29) is 16.2 Å². The van der Waals surface area contributed by atoms with Gasteiger partial charge in [0.25, 0.3) is 0 Å². The maximum absolute atomic E-state index is 11.5. The molecular formula is C63H70O2P4. The summed E-state index contributed by atoms with van der Waals surface area (Å²) in [4.78, 5) is 0. The third-order valence-corrected chi connectivity index (χ3v) is 21.0. The molecule has 0 radical (unpaired) electrons. The van der Waals surface area contributed by atoms with Gasteiger partial charge in [-0.1, -0.05) is 249 Å². The van der Waals surface area contributed by atoms with Crippen LogP contribution < -0.4 is 53.0 Å². The fraction of sp³-hybridized carbons (Fsp3) is 0.238. The molecule has 6 heteroatoms. The van der Waals surface area contributed by atoms with Crippen molar-refractivity contribution in [2.45, 2.75) is 99.3 Å². The summed E-state index contributed by atoms with van der Waals surface area (Å²) >= 11 is 0. The third-order valence-electron chi connectivity index (χ3n) is 12.5. The molecule has 0 heterocycles. The van der Waals surface area contributed by atoms with Gasteiger partial charge < -0.3 is 10.2 Å². The molecule has 69 heavy (non-hydrogen) atoms. The molecule has 2 nitrogen and oxygen atoms in total. The molecular weight excluding hydrogens is 913 g/mol. The Labute approximate surface area is 420 Å². The van der Waals surface area contributed by atoms with E-state index in [0.29, 0.717) is 28.7 Å². The lowest BCUT2D eigenvalue weighted by Crippen LogP contribution is -2.31. The molecule has 0 fully saturated rings. The Kier molecular flexibility index (Phi) is 16.6. The summed E-state index contributed by atoms with van der Waals surface area (Å²) in [7, 11) is -0.659. The summed E-state index contributed by atoms with van der Waals surface area (Å²) in [5.41, 5.74) is 6.98. The number of aryl methyl sites for hydroxylation is 3. The van der Waals surface area contributed by atoms with Crippen molar-refractivity contribution in [1.29, 1.82) is 0 Å². The zero-order valence-corrected chi connectivity index (χ0v) is 46.4. The molecule has 2 atom stereocenters. The number of rotatable bonds is 10. The summed E-state index contributed by atoms with van der Waals surface area (Å²) in [5.74, 6) is 0.881. The van der Waals surface area contributed by atoms with Crippen molar-refractivity contribution in [3.8, 4) is 11.5 Å². The number of benzene rings is 8. The summed E-state index contributed by atoms with van der Waals surface area (Å²) in [6.07, 6.45) is 0. The summed E-state index contributed by atoms with van der Waals surface area (Å²) in [6, 6.07) is 65.6. The summed E-state index contributed by atoms with van der Waals surface area (Å²) < 4.78 is 0. The second-order valence-electron chi connectivity index (χ2n) is 21.1. The van der Waals surface area contributed by atoms with Gasteiger partial charge in [0.15, 0.2) is 0 Å². The molecule has 0 aromatic heterocycles. The largest absolute Gasteiger partial charge is 0.507 e. The number of aromatic hydroxyl groups is 2. The predicted molar refractivity (Wildman–Crippen MR) is 312 cm³/mol. The maximum Gasteiger partial charge on any atom is 0.127 e. The van der Waals surface area contributed by atoms with Gasteiger partial charge in [-0.2, -0.15) is 0 Å². The normalized spacial score (nSPS) is 12.3. The Morgan fingerprint density at radius 2 is 0.681 bits per heavy atom. The predicted octanol–water partition coefficient (Wildman–Crippen LogP) is 12.4. The second kappa shape index (κ2) is 22.0. The highest BCUT2D eigenvalue weighted by atomic mass is 31.1. The van der Waals surface area contributed by atoms with E-state index in [1.165, 1.54) is 64.7 Å². The lowest BCUT2D eigenvalue weighted by atomic mass is 9.80. The van der Waals surface area contributed by atoms with Crippen molar-refractivity contribution in [1.82, 2.24) is 0 Å². The van der Waals surface area contributed by atoms with Gasteiger partial charge in [-0.25, -0.2) is 0 Å². The van der Waals surface area contributed by atoms with Crippen molar-refractivity contribution in [2.24, 2.45) is 0 Å². The van der Waals surface area contributed by atoms with Crippen LogP contribution in [0.2, 0.25) is 0 Å². The summed E-state index contributed by atoms with van der Waals surface area (Å²) in [6.45, 7) is 26.4. The van der Waals surface area contributed by atoms with E-state index in [1.807, 2.05) is 6.92 Å². The van der Waals surface area contributed by atoms with Gasteiger partial charge in [-0.3, -0.25) is 0 Å². The van der Waals surface area contributed by atoms with Crippen LogP contribution in [0.3, 0.4) is 0 Å². The summed E-state index contributed by atoms with van der Waals surface area (Å²) in [5, 5.41) is 35.5. The molecule has 2 N–H and O–H groups in total. The Morgan fingerprint density at radius 3 is 1.01 bits per heavy atom. The number of hydrogen-bond acceptors (Lipinski definition) is 2. The fourth-order valence-corrected chi connectivity index (χ4v) is 16.9. The monoisotopic (exact) mass is 982 g/mol. The minimum absolute atomic E-state index is 0.00217. The van der Waals surface area contributed by atoms with Gasteiger partial charge in [-0.15, -0.1) is 0 Å². The molecule has 0 spiro atoms. The van der Waals surface area contributed by atoms with Crippen LogP contribution in [0.5, 0.6) is 11.5 Å². The quantitative estimate of drug-likeness (QED) is 0.134. The van der Waals surface area contributed by atoms with E-state index >= 15 is 0 Å². The van der Waals surface area contributed by atoms with Gasteiger partial charge >= 0.3 is 0 Å². The van der Waals surface area contributed by atoms with Crippen LogP contribution in [-0.4, -0.2) is 10.2 Å². The van der Waals surface area contributed by atoms with Crippen molar-refractivity contribution in [3.63, 3.8) is 0 Å². The molecule has 8 aromatic carbocycles. The highest BCUT2D eigenvalue weighted by Gasteiger charge is 2.28. The molecule has 0 amide bonds. The fourth-order valence-electron chi connectivity index (χ4n) is 8.48. The molecule has 354 valence electrons. The second-order valence-corrected chi connectivity index (χ2v) is 28.0. The van der Waals surface area contributed by atoms with Crippen molar-refractivity contribution in [3.05, 3.63) is 215 Å². The Balaban J connectivity index is 0.000000205. The van der Waals surface area contributed by atoms with E-state index in [1.54, 1.807) is 0 Å². The van der Waals surface area contributed by atoms with Gasteiger partial charge in [0, 0.05) is 16.2 Å². The average molecular weight is 983 g/mol. The van der Waals surface area contributed by atoms with Crippen LogP contribution in [0.25, 0.3) is 0 Å². The Hall–Kier alpha value is -4.92. The first kappa shape index (κ1) is 51.9. The van der Waals surface area contributed by atoms with E-state index in [2.05, 4.69) is 258 Å². The van der Waals surface area contributed by atoms with E-state index < -0.39 is 15.8 Å². The number of phenols is 2. The molecule has 0 aliphatic carbocycles. The first-order chi connectivity index (χ1) is 32.7. The lowest BCUT2D eigenvalue weighted by Gasteiger charge is -2.28. The third kappa shape index (κ3) is 12.5. The van der Waals surface area contributed by atoms with Crippen LogP contribution in [0.4, 0.5) is 0 Å². The van der Waals surface area contributed by atoms with Gasteiger partial charge in [0.05, 0.1) is 0 Å². The average Bonchev–Trinajstić information content (AvgIpc) is 3.31. The minimum atomic E-state index is -0.724. The molecule has 8 rings (SSSR count). The number of phenolic OH excluding ortho intramolecular Hbond substituents is 2. The molecule has 0 bridgehead atoms. The van der Waals surface area contributed by atoms with Gasteiger partial charge in [0.2, 0.25) is 0 Å². The van der Waals surface area contributed by atoms with Gasteiger partial charge in [-0.05, 0) is 135 Å². The highest BCUT2D eigenvalue weighted by molar-refractivity contribution is 7.81. The standard InChI is InChI=1S/C33H38OP2.C30H32OP2/c1-23-15-14-20-29(36(25-16-10-8-11-17-25)26-18-12-9-13-19-26)31(23)35-28-22-24(32(2,3)4)21-27(30(28)34)33(5,6)7;1-21-13-12-18-27(33(24-14-8-6-9-15-24)25-16-10-7-11-17-25)29(21)32-26-20-23(30(3,4)5)19-22(2)28(26)31/h8-22,34-35H,1-7H3;6-20,31-32H,1-5H3. The smallest absolute Gasteiger partial charge is 0.127 e. The van der Waals surface area contributed by atoms with Crippen molar-refractivity contribution >= 4 is 86.0 Å². The zero-order chi connectivity index (χ0) is 49.7. The van der Waals surface area contributed by atoms with E-state index in [0.717, 1.165) is 21.7 Å². The number of hydrogen-bond donors (Lipinski definition) is 2. The molecule has 8 aromatic rings. The molecule has 0 saturated carbocycles.